The molecule has 0 saturated heterocycles. The molecule has 0 radical (unpaired) electrons. The van der Waals surface area contributed by atoms with Crippen LogP contribution in [-0.4, -0.2) is 31.4 Å². The van der Waals surface area contributed by atoms with E-state index in [1.54, 1.807) is 7.05 Å². The van der Waals surface area contributed by atoms with Crippen molar-refractivity contribution in [2.45, 2.75) is 38.1 Å². The molecular weight excluding hydrogens is 206 g/mol. The normalized spacial score (nSPS) is 24.9. The molecule has 0 aromatic rings. The van der Waals surface area contributed by atoms with Crippen molar-refractivity contribution in [3.8, 4) is 0 Å². The molecule has 16 heavy (non-hydrogen) atoms. The summed E-state index contributed by atoms with van der Waals surface area (Å²) in [6.45, 7) is 0.0529. The molecule has 1 rings (SSSR count). The van der Waals surface area contributed by atoms with Crippen molar-refractivity contribution in [1.82, 2.24) is 10.6 Å². The van der Waals surface area contributed by atoms with Gasteiger partial charge < -0.3 is 16.4 Å². The second-order valence-electron chi connectivity index (χ2n) is 4.36. The van der Waals surface area contributed by atoms with Gasteiger partial charge in [-0.15, -0.1) is 0 Å². The van der Waals surface area contributed by atoms with Crippen molar-refractivity contribution < 1.29 is 9.59 Å². The number of carbonyl (C=O) groups is 2. The zero-order valence-electron chi connectivity index (χ0n) is 9.79. The van der Waals surface area contributed by atoms with Crippen LogP contribution in [0.2, 0.25) is 0 Å². The number of nitrogens with two attached hydrogens (primary N) is 1. The minimum atomic E-state index is -0.179. The lowest BCUT2D eigenvalue weighted by Gasteiger charge is -2.27. The summed E-state index contributed by atoms with van der Waals surface area (Å²) in [5.41, 5.74) is 5.95. The highest BCUT2D eigenvalue weighted by Gasteiger charge is 2.24. The molecule has 0 bridgehead atoms. The highest BCUT2D eigenvalue weighted by molar-refractivity contribution is 5.84. The van der Waals surface area contributed by atoms with Gasteiger partial charge in [0.05, 0.1) is 6.54 Å². The van der Waals surface area contributed by atoms with Crippen LogP contribution in [0.4, 0.5) is 0 Å². The molecule has 0 aromatic heterocycles. The van der Waals surface area contributed by atoms with E-state index in [1.807, 2.05) is 0 Å². The lowest BCUT2D eigenvalue weighted by molar-refractivity contribution is -0.126. The first-order valence-corrected chi connectivity index (χ1v) is 5.86. The molecule has 0 spiro atoms. The lowest BCUT2D eigenvalue weighted by atomic mass is 9.83. The Balaban J connectivity index is 2.24. The molecule has 5 heteroatoms. The summed E-state index contributed by atoms with van der Waals surface area (Å²) >= 11 is 0. The maximum Gasteiger partial charge on any atom is 0.239 e. The molecule has 1 fully saturated rings. The molecule has 2 amide bonds. The van der Waals surface area contributed by atoms with Gasteiger partial charge >= 0.3 is 0 Å². The van der Waals surface area contributed by atoms with Crippen LogP contribution in [0.15, 0.2) is 0 Å². The first kappa shape index (κ1) is 13.0. The SMILES string of the molecule is CNC(=O)CNC(=O)CC1CCCCC1N. The third-order valence-corrected chi connectivity index (χ3v) is 3.14. The summed E-state index contributed by atoms with van der Waals surface area (Å²) in [7, 11) is 1.55. The van der Waals surface area contributed by atoms with Gasteiger partial charge in [-0.2, -0.15) is 0 Å². The fourth-order valence-corrected chi connectivity index (χ4v) is 2.07. The van der Waals surface area contributed by atoms with Crippen molar-refractivity contribution in [2.24, 2.45) is 11.7 Å². The first-order valence-electron chi connectivity index (χ1n) is 5.86. The van der Waals surface area contributed by atoms with E-state index in [9.17, 15) is 9.59 Å². The summed E-state index contributed by atoms with van der Waals surface area (Å²) in [4.78, 5) is 22.5. The highest BCUT2D eigenvalue weighted by Crippen LogP contribution is 2.25. The van der Waals surface area contributed by atoms with Crippen LogP contribution in [0.1, 0.15) is 32.1 Å². The minimum absolute atomic E-state index is 0.0529. The zero-order valence-corrected chi connectivity index (χ0v) is 9.79. The standard InChI is InChI=1S/C11H21N3O2/c1-13-11(16)7-14-10(15)6-8-4-2-3-5-9(8)12/h8-9H,2-7,12H2,1H3,(H,13,16)(H,14,15). The van der Waals surface area contributed by atoms with Gasteiger partial charge in [-0.3, -0.25) is 9.59 Å². The van der Waals surface area contributed by atoms with Crippen LogP contribution < -0.4 is 16.4 Å². The summed E-state index contributed by atoms with van der Waals surface area (Å²) < 4.78 is 0. The maximum atomic E-state index is 11.5. The number of amides is 2. The quantitative estimate of drug-likeness (QED) is 0.619. The van der Waals surface area contributed by atoms with Crippen LogP contribution in [0.5, 0.6) is 0 Å². The second-order valence-corrected chi connectivity index (χ2v) is 4.36. The Morgan fingerprint density at radius 2 is 1.94 bits per heavy atom. The summed E-state index contributed by atoms with van der Waals surface area (Å²) in [6, 6.07) is 0.138. The molecule has 1 aliphatic carbocycles. The van der Waals surface area contributed by atoms with E-state index in [-0.39, 0.29) is 30.3 Å². The van der Waals surface area contributed by atoms with Gasteiger partial charge in [-0.1, -0.05) is 12.8 Å². The Kier molecular flexibility index (Phi) is 5.25. The van der Waals surface area contributed by atoms with Crippen molar-refractivity contribution in [1.29, 1.82) is 0 Å². The van der Waals surface area contributed by atoms with Crippen molar-refractivity contribution in [2.75, 3.05) is 13.6 Å². The smallest absolute Gasteiger partial charge is 0.239 e. The number of nitrogens with one attached hydrogen (secondary N) is 2. The largest absolute Gasteiger partial charge is 0.358 e. The Morgan fingerprint density at radius 1 is 1.25 bits per heavy atom. The lowest BCUT2D eigenvalue weighted by Crippen LogP contribution is -2.39. The van der Waals surface area contributed by atoms with Gasteiger partial charge in [-0.25, -0.2) is 0 Å². The average Bonchev–Trinajstić information content (AvgIpc) is 2.29. The molecule has 0 heterocycles. The van der Waals surface area contributed by atoms with Gasteiger partial charge in [0.15, 0.2) is 0 Å². The Bertz CT molecular complexity index is 256. The second kappa shape index (κ2) is 6.48. The van der Waals surface area contributed by atoms with E-state index < -0.39 is 0 Å². The van der Waals surface area contributed by atoms with Crippen LogP contribution in [0, 0.1) is 5.92 Å². The Hall–Kier alpha value is -1.10. The van der Waals surface area contributed by atoms with Gasteiger partial charge in [0, 0.05) is 19.5 Å². The van der Waals surface area contributed by atoms with E-state index in [1.165, 1.54) is 0 Å². The van der Waals surface area contributed by atoms with Gasteiger partial charge in [0.25, 0.3) is 0 Å². The van der Waals surface area contributed by atoms with Gasteiger partial charge in [-0.05, 0) is 18.8 Å². The predicted molar refractivity (Wildman–Crippen MR) is 61.6 cm³/mol. The monoisotopic (exact) mass is 227 g/mol. The summed E-state index contributed by atoms with van der Waals surface area (Å²) in [6.07, 6.45) is 4.79. The third-order valence-electron chi connectivity index (χ3n) is 3.14. The Morgan fingerprint density at radius 3 is 2.56 bits per heavy atom. The van der Waals surface area contributed by atoms with Crippen LogP contribution >= 0.6 is 0 Å². The minimum Gasteiger partial charge on any atom is -0.358 e. The summed E-state index contributed by atoms with van der Waals surface area (Å²) in [5, 5.41) is 5.05. The molecule has 0 aromatic carbocycles. The number of rotatable bonds is 4. The fourth-order valence-electron chi connectivity index (χ4n) is 2.07. The molecule has 0 aliphatic heterocycles. The van der Waals surface area contributed by atoms with Crippen molar-refractivity contribution >= 4 is 11.8 Å². The van der Waals surface area contributed by atoms with E-state index in [0.717, 1.165) is 25.7 Å². The molecule has 2 atom stereocenters. The molecule has 2 unspecified atom stereocenters. The first-order chi connectivity index (χ1) is 7.63. The molecule has 4 N–H and O–H groups in total. The van der Waals surface area contributed by atoms with E-state index in [4.69, 9.17) is 5.73 Å². The fraction of sp³-hybridized carbons (Fsp3) is 0.818. The number of carbonyl (C=O) groups excluding carboxylic acids is 2. The van der Waals surface area contributed by atoms with Crippen LogP contribution in [-0.2, 0) is 9.59 Å². The molecule has 5 nitrogen and oxygen atoms in total. The third kappa shape index (κ3) is 4.18. The zero-order chi connectivity index (χ0) is 12.0. The highest BCUT2D eigenvalue weighted by atomic mass is 16.2. The van der Waals surface area contributed by atoms with Gasteiger partial charge in [0.1, 0.15) is 0 Å². The van der Waals surface area contributed by atoms with Gasteiger partial charge in [0.2, 0.25) is 11.8 Å². The van der Waals surface area contributed by atoms with Crippen LogP contribution in [0.3, 0.4) is 0 Å². The predicted octanol–water partition coefficient (Wildman–Crippen LogP) is -0.244. The molecular formula is C11H21N3O2. The van der Waals surface area contributed by atoms with Crippen LogP contribution in [0.25, 0.3) is 0 Å². The van der Waals surface area contributed by atoms with Crippen molar-refractivity contribution in [3.63, 3.8) is 0 Å². The number of likely N-dealkylation sites (N-methyl/N-ethyl adjacent to an activating group) is 1. The topological polar surface area (TPSA) is 84.2 Å². The van der Waals surface area contributed by atoms with E-state index in [2.05, 4.69) is 10.6 Å². The average molecular weight is 227 g/mol. The molecule has 1 saturated carbocycles. The number of hydrogen-bond donors (Lipinski definition) is 3. The maximum absolute atomic E-state index is 11.5. The van der Waals surface area contributed by atoms with E-state index in [0.29, 0.717) is 6.42 Å². The van der Waals surface area contributed by atoms with Crippen molar-refractivity contribution in [3.05, 3.63) is 0 Å². The van der Waals surface area contributed by atoms with E-state index >= 15 is 0 Å². The molecule has 92 valence electrons. The number of hydrogen-bond acceptors (Lipinski definition) is 3. The summed E-state index contributed by atoms with van der Waals surface area (Å²) in [5.74, 6) is 0.0191. The molecule has 1 aliphatic rings. The Labute approximate surface area is 96.1 Å².